The molecule has 0 aliphatic rings. The van der Waals surface area contributed by atoms with Crippen LogP contribution in [-0.2, 0) is 6.18 Å². The fourth-order valence-corrected chi connectivity index (χ4v) is 2.51. The molecule has 0 unspecified atom stereocenters. The molecular weight excluding hydrogens is 358 g/mol. The molecule has 0 atom stereocenters. The summed E-state index contributed by atoms with van der Waals surface area (Å²) in [6.07, 6.45) is -4.00. The standard InChI is InChI=1S/C13H14BrClF3NO/c1-12(2,5-6-15)19-11(20)8-3-4-10(14)9(7-8)13(16,17)18/h3-4,7H,5-6H2,1-2H3,(H,19,20). The van der Waals surface area contributed by atoms with E-state index >= 15 is 0 Å². The number of amides is 1. The third kappa shape index (κ3) is 4.66. The SMILES string of the molecule is CC(C)(CCCl)NC(=O)c1ccc(Br)c(C(F)(F)F)c1. The highest BCUT2D eigenvalue weighted by molar-refractivity contribution is 9.10. The normalized spacial score (nSPS) is 12.3. The minimum Gasteiger partial charge on any atom is -0.347 e. The number of alkyl halides is 4. The van der Waals surface area contributed by atoms with Crippen molar-refractivity contribution in [3.63, 3.8) is 0 Å². The minimum atomic E-state index is -4.51. The number of hydrogen-bond acceptors (Lipinski definition) is 1. The van der Waals surface area contributed by atoms with Crippen LogP contribution in [0.2, 0.25) is 0 Å². The van der Waals surface area contributed by atoms with E-state index in [1.54, 1.807) is 13.8 Å². The quantitative estimate of drug-likeness (QED) is 0.769. The number of hydrogen-bond donors (Lipinski definition) is 1. The molecule has 0 aromatic heterocycles. The highest BCUT2D eigenvalue weighted by Gasteiger charge is 2.34. The number of rotatable bonds is 4. The summed E-state index contributed by atoms with van der Waals surface area (Å²) < 4.78 is 38.2. The van der Waals surface area contributed by atoms with Crippen LogP contribution in [0.5, 0.6) is 0 Å². The molecule has 1 N–H and O–H groups in total. The van der Waals surface area contributed by atoms with Crippen LogP contribution in [0.4, 0.5) is 13.2 Å². The van der Waals surface area contributed by atoms with Crippen LogP contribution in [0, 0.1) is 0 Å². The molecule has 20 heavy (non-hydrogen) atoms. The molecule has 1 aromatic carbocycles. The molecule has 0 saturated carbocycles. The van der Waals surface area contributed by atoms with Gasteiger partial charge in [0.2, 0.25) is 0 Å². The van der Waals surface area contributed by atoms with Gasteiger partial charge in [0.15, 0.2) is 0 Å². The first kappa shape index (κ1) is 17.3. The van der Waals surface area contributed by atoms with Gasteiger partial charge in [0.1, 0.15) is 0 Å². The second kappa shape index (κ2) is 6.35. The predicted octanol–water partition coefficient (Wildman–Crippen LogP) is 4.61. The fourth-order valence-electron chi connectivity index (χ4n) is 1.56. The highest BCUT2D eigenvalue weighted by Crippen LogP contribution is 2.35. The Bertz CT molecular complexity index is 503. The topological polar surface area (TPSA) is 29.1 Å². The molecule has 0 bridgehead atoms. The fraction of sp³-hybridized carbons (Fsp3) is 0.462. The lowest BCUT2D eigenvalue weighted by atomic mass is 10.0. The number of carbonyl (C=O) groups excluding carboxylic acids is 1. The van der Waals surface area contributed by atoms with Crippen molar-refractivity contribution in [2.75, 3.05) is 5.88 Å². The summed E-state index contributed by atoms with van der Waals surface area (Å²) in [7, 11) is 0. The highest BCUT2D eigenvalue weighted by atomic mass is 79.9. The Morgan fingerprint density at radius 2 is 1.95 bits per heavy atom. The van der Waals surface area contributed by atoms with Crippen molar-refractivity contribution in [2.45, 2.75) is 32.0 Å². The average Bonchev–Trinajstić information content (AvgIpc) is 2.26. The molecular formula is C13H14BrClF3NO. The van der Waals surface area contributed by atoms with Crippen LogP contribution in [0.15, 0.2) is 22.7 Å². The van der Waals surface area contributed by atoms with E-state index in [0.717, 1.165) is 6.07 Å². The van der Waals surface area contributed by atoms with Crippen LogP contribution >= 0.6 is 27.5 Å². The monoisotopic (exact) mass is 371 g/mol. The van der Waals surface area contributed by atoms with Gasteiger partial charge in [0.25, 0.3) is 5.91 Å². The summed E-state index contributed by atoms with van der Waals surface area (Å²) in [5.41, 5.74) is -1.49. The third-order valence-corrected chi connectivity index (χ3v) is 3.59. The van der Waals surface area contributed by atoms with Crippen LogP contribution in [0.3, 0.4) is 0 Å². The molecule has 0 heterocycles. The zero-order valence-corrected chi connectivity index (χ0v) is 13.3. The number of nitrogens with one attached hydrogen (secondary N) is 1. The molecule has 0 fully saturated rings. The average molecular weight is 373 g/mol. The van der Waals surface area contributed by atoms with E-state index in [4.69, 9.17) is 11.6 Å². The lowest BCUT2D eigenvalue weighted by molar-refractivity contribution is -0.138. The largest absolute Gasteiger partial charge is 0.417 e. The van der Waals surface area contributed by atoms with Gasteiger partial charge in [-0.05, 0) is 38.5 Å². The van der Waals surface area contributed by atoms with E-state index in [2.05, 4.69) is 21.2 Å². The smallest absolute Gasteiger partial charge is 0.347 e. The van der Waals surface area contributed by atoms with E-state index in [1.165, 1.54) is 12.1 Å². The first-order chi connectivity index (χ1) is 9.07. The summed E-state index contributed by atoms with van der Waals surface area (Å²) in [5, 5.41) is 2.67. The molecule has 7 heteroatoms. The minimum absolute atomic E-state index is 0.0387. The first-order valence-corrected chi connectivity index (χ1v) is 7.15. The Balaban J connectivity index is 3.01. The van der Waals surface area contributed by atoms with Crippen molar-refractivity contribution >= 4 is 33.4 Å². The van der Waals surface area contributed by atoms with E-state index < -0.39 is 23.2 Å². The molecule has 0 aliphatic heterocycles. The molecule has 1 amide bonds. The molecule has 0 spiro atoms. The Hall–Kier alpha value is -0.750. The zero-order chi connectivity index (χ0) is 15.6. The van der Waals surface area contributed by atoms with Gasteiger partial charge in [-0.15, -0.1) is 11.6 Å². The molecule has 112 valence electrons. The zero-order valence-electron chi connectivity index (χ0n) is 10.9. The maximum absolute atomic E-state index is 12.8. The van der Waals surface area contributed by atoms with Crippen LogP contribution in [0.1, 0.15) is 36.2 Å². The van der Waals surface area contributed by atoms with Gasteiger partial charge in [0, 0.05) is 21.5 Å². The summed E-state index contributed by atoms with van der Waals surface area (Å²) in [4.78, 5) is 12.0. The number of benzene rings is 1. The van der Waals surface area contributed by atoms with Crippen molar-refractivity contribution in [1.82, 2.24) is 5.32 Å². The van der Waals surface area contributed by atoms with Crippen molar-refractivity contribution in [3.8, 4) is 0 Å². The second-order valence-corrected chi connectivity index (χ2v) is 6.20. The van der Waals surface area contributed by atoms with Crippen molar-refractivity contribution < 1.29 is 18.0 Å². The Morgan fingerprint density at radius 3 is 2.45 bits per heavy atom. The van der Waals surface area contributed by atoms with Gasteiger partial charge in [-0.25, -0.2) is 0 Å². The molecule has 0 radical (unpaired) electrons. The van der Waals surface area contributed by atoms with Crippen molar-refractivity contribution in [3.05, 3.63) is 33.8 Å². The molecule has 1 aromatic rings. The van der Waals surface area contributed by atoms with Crippen molar-refractivity contribution in [2.24, 2.45) is 0 Å². The van der Waals surface area contributed by atoms with Gasteiger partial charge < -0.3 is 5.32 Å². The summed E-state index contributed by atoms with van der Waals surface area (Å²) in [6, 6.07) is 3.38. The van der Waals surface area contributed by atoms with Crippen molar-refractivity contribution in [1.29, 1.82) is 0 Å². The van der Waals surface area contributed by atoms with Gasteiger partial charge >= 0.3 is 6.18 Å². The first-order valence-electron chi connectivity index (χ1n) is 5.82. The van der Waals surface area contributed by atoms with Gasteiger partial charge in [0.05, 0.1) is 5.56 Å². The van der Waals surface area contributed by atoms with Gasteiger partial charge in [-0.3, -0.25) is 4.79 Å². The molecule has 2 nitrogen and oxygen atoms in total. The molecule has 1 rings (SSSR count). The van der Waals surface area contributed by atoms with Crippen LogP contribution < -0.4 is 5.32 Å². The summed E-state index contributed by atoms with van der Waals surface area (Å²) >= 11 is 8.45. The van der Waals surface area contributed by atoms with E-state index in [0.29, 0.717) is 12.3 Å². The Labute approximate surface area is 128 Å². The summed E-state index contributed by atoms with van der Waals surface area (Å²) in [6.45, 7) is 3.52. The number of carbonyl (C=O) groups is 1. The third-order valence-electron chi connectivity index (χ3n) is 2.71. The molecule has 0 saturated heterocycles. The molecule has 0 aliphatic carbocycles. The van der Waals surface area contributed by atoms with E-state index in [1.807, 2.05) is 0 Å². The maximum Gasteiger partial charge on any atom is 0.417 e. The van der Waals surface area contributed by atoms with E-state index in [9.17, 15) is 18.0 Å². The van der Waals surface area contributed by atoms with Gasteiger partial charge in [-0.1, -0.05) is 15.9 Å². The lowest BCUT2D eigenvalue weighted by Gasteiger charge is -2.25. The Morgan fingerprint density at radius 1 is 1.35 bits per heavy atom. The number of halogens is 5. The summed E-state index contributed by atoms with van der Waals surface area (Å²) in [5.74, 6) is -0.209. The Kier molecular flexibility index (Phi) is 5.49. The van der Waals surface area contributed by atoms with Crippen LogP contribution in [0.25, 0.3) is 0 Å². The van der Waals surface area contributed by atoms with Crippen LogP contribution in [-0.4, -0.2) is 17.3 Å². The predicted molar refractivity (Wildman–Crippen MR) is 76.0 cm³/mol. The second-order valence-electron chi connectivity index (χ2n) is 4.97. The van der Waals surface area contributed by atoms with E-state index in [-0.39, 0.29) is 10.0 Å². The lowest BCUT2D eigenvalue weighted by Crippen LogP contribution is -2.43. The van der Waals surface area contributed by atoms with Gasteiger partial charge in [-0.2, -0.15) is 13.2 Å². The maximum atomic E-state index is 12.8.